The number of carboxylic acids is 1. The van der Waals surface area contributed by atoms with Gasteiger partial charge in [0.25, 0.3) is 0 Å². The lowest BCUT2D eigenvalue weighted by Crippen LogP contribution is -2.34. The Morgan fingerprint density at radius 3 is 2.57 bits per heavy atom. The van der Waals surface area contributed by atoms with Crippen LogP contribution in [0.1, 0.15) is 54.9 Å². The van der Waals surface area contributed by atoms with Crippen molar-refractivity contribution in [2.75, 3.05) is 18.0 Å². The minimum absolute atomic E-state index is 0.000271. The van der Waals surface area contributed by atoms with Gasteiger partial charge in [0.2, 0.25) is 5.43 Å². The number of anilines is 1. The molecular weight excluding hydrogens is 392 g/mol. The normalized spacial score (nSPS) is 26.6. The molecule has 1 aromatic carbocycles. The van der Waals surface area contributed by atoms with Crippen molar-refractivity contribution in [3.05, 3.63) is 39.7 Å². The number of halogens is 2. The molecule has 0 radical (unpaired) electrons. The van der Waals surface area contributed by atoms with E-state index in [1.165, 1.54) is 10.8 Å². The van der Waals surface area contributed by atoms with Crippen molar-refractivity contribution in [2.45, 2.75) is 50.6 Å². The second-order valence-corrected chi connectivity index (χ2v) is 9.01. The molecule has 1 aromatic heterocycles. The van der Waals surface area contributed by atoms with Gasteiger partial charge >= 0.3 is 5.97 Å². The number of pyridine rings is 1. The molecule has 1 saturated heterocycles. The Morgan fingerprint density at radius 1 is 1.13 bits per heavy atom. The molecule has 8 heteroatoms. The van der Waals surface area contributed by atoms with E-state index in [1.807, 2.05) is 0 Å². The average Bonchev–Trinajstić information content (AvgIpc) is 3.48. The molecule has 160 valence electrons. The Kier molecular flexibility index (Phi) is 4.57. The molecule has 2 saturated carbocycles. The fourth-order valence-corrected chi connectivity index (χ4v) is 5.38. The first-order chi connectivity index (χ1) is 14.4. The second kappa shape index (κ2) is 7.04. The predicted molar refractivity (Wildman–Crippen MR) is 109 cm³/mol. The Labute approximate surface area is 172 Å². The van der Waals surface area contributed by atoms with Crippen molar-refractivity contribution in [2.24, 2.45) is 17.6 Å². The Morgan fingerprint density at radius 2 is 1.87 bits per heavy atom. The lowest BCUT2D eigenvalue weighted by atomic mass is 9.88. The van der Waals surface area contributed by atoms with Gasteiger partial charge in [0.05, 0.1) is 10.9 Å². The summed E-state index contributed by atoms with van der Waals surface area (Å²) in [4.78, 5) is 25.9. The van der Waals surface area contributed by atoms with Crippen molar-refractivity contribution < 1.29 is 18.7 Å². The fraction of sp³-hybridized carbons (Fsp3) is 0.545. The highest BCUT2D eigenvalue weighted by Crippen LogP contribution is 2.42. The van der Waals surface area contributed by atoms with Crippen LogP contribution in [-0.2, 0) is 0 Å². The first kappa shape index (κ1) is 19.5. The summed E-state index contributed by atoms with van der Waals surface area (Å²) in [7, 11) is 0. The monoisotopic (exact) mass is 417 g/mol. The van der Waals surface area contributed by atoms with Gasteiger partial charge in [0, 0.05) is 31.4 Å². The molecule has 3 atom stereocenters. The number of carboxylic acid groups (broad SMARTS) is 1. The quantitative estimate of drug-likeness (QED) is 0.800. The smallest absolute Gasteiger partial charge is 0.341 e. The van der Waals surface area contributed by atoms with E-state index in [0.717, 1.165) is 44.6 Å². The lowest BCUT2D eigenvalue weighted by molar-refractivity contribution is 0.0694. The number of aromatic carboxylic acids is 1. The minimum Gasteiger partial charge on any atom is -0.477 e. The van der Waals surface area contributed by atoms with Crippen LogP contribution in [0.15, 0.2) is 17.1 Å². The van der Waals surface area contributed by atoms with E-state index >= 15 is 8.78 Å². The van der Waals surface area contributed by atoms with Crippen LogP contribution in [-0.4, -0.2) is 34.8 Å². The summed E-state index contributed by atoms with van der Waals surface area (Å²) in [5, 5.41) is 9.15. The zero-order valence-electron chi connectivity index (χ0n) is 16.6. The number of aromatic nitrogens is 1. The van der Waals surface area contributed by atoms with E-state index in [1.54, 1.807) is 4.90 Å². The molecular formula is C22H25F2N3O3. The van der Waals surface area contributed by atoms with E-state index in [0.29, 0.717) is 19.0 Å². The number of benzene rings is 1. The summed E-state index contributed by atoms with van der Waals surface area (Å²) in [5.41, 5.74) is 4.91. The topological polar surface area (TPSA) is 88.6 Å². The number of hydrogen-bond acceptors (Lipinski definition) is 4. The van der Waals surface area contributed by atoms with E-state index in [2.05, 4.69) is 0 Å². The number of nitrogens with two attached hydrogens (primary N) is 1. The van der Waals surface area contributed by atoms with Crippen LogP contribution in [0.25, 0.3) is 10.9 Å². The second-order valence-electron chi connectivity index (χ2n) is 9.01. The maximum absolute atomic E-state index is 15.8. The predicted octanol–water partition coefficient (Wildman–Crippen LogP) is 3.27. The molecule has 3 aliphatic rings. The number of fused-ring (bicyclic) bond motifs is 2. The van der Waals surface area contributed by atoms with Crippen molar-refractivity contribution in [3.63, 3.8) is 0 Å². The third-order valence-electron chi connectivity index (χ3n) is 7.07. The molecule has 1 aliphatic heterocycles. The van der Waals surface area contributed by atoms with Crippen LogP contribution in [0, 0.1) is 23.5 Å². The lowest BCUT2D eigenvalue weighted by Gasteiger charge is -2.24. The molecule has 2 aromatic rings. The highest BCUT2D eigenvalue weighted by atomic mass is 19.1. The maximum Gasteiger partial charge on any atom is 0.341 e. The molecule has 3 fully saturated rings. The molecule has 0 amide bonds. The fourth-order valence-electron chi connectivity index (χ4n) is 5.38. The van der Waals surface area contributed by atoms with Gasteiger partial charge in [0.15, 0.2) is 5.82 Å². The molecule has 30 heavy (non-hydrogen) atoms. The van der Waals surface area contributed by atoms with Crippen LogP contribution in [0.2, 0.25) is 0 Å². The van der Waals surface area contributed by atoms with Crippen LogP contribution >= 0.6 is 0 Å². The summed E-state index contributed by atoms with van der Waals surface area (Å²) in [6.07, 6.45) is 6.84. The van der Waals surface area contributed by atoms with Crippen molar-refractivity contribution in [1.82, 2.24) is 4.57 Å². The number of carbonyl (C=O) groups is 1. The van der Waals surface area contributed by atoms with Crippen LogP contribution in [0.4, 0.5) is 14.5 Å². The van der Waals surface area contributed by atoms with Gasteiger partial charge < -0.3 is 20.3 Å². The third-order valence-corrected chi connectivity index (χ3v) is 7.07. The Bertz CT molecular complexity index is 1100. The van der Waals surface area contributed by atoms with Gasteiger partial charge in [0.1, 0.15) is 17.1 Å². The molecule has 2 aliphatic carbocycles. The molecule has 0 spiro atoms. The summed E-state index contributed by atoms with van der Waals surface area (Å²) >= 11 is 0. The first-order valence-electron chi connectivity index (χ1n) is 10.7. The Hall–Kier alpha value is -2.48. The van der Waals surface area contributed by atoms with Gasteiger partial charge in [-0.15, -0.1) is 0 Å². The molecule has 5 rings (SSSR count). The minimum atomic E-state index is -1.39. The largest absolute Gasteiger partial charge is 0.477 e. The number of rotatable bonds is 3. The summed E-state index contributed by atoms with van der Waals surface area (Å²) < 4.78 is 32.4. The summed E-state index contributed by atoms with van der Waals surface area (Å²) in [6, 6.07) is 0.962. The van der Waals surface area contributed by atoms with Gasteiger partial charge in [-0.1, -0.05) is 12.8 Å². The standard InChI is InChI=1S/C22H25F2N3O3/c23-16-7-13-19(27(12-5-6-12)10-15(21(13)28)22(29)30)18(24)20(16)26-8-11-3-1-2-4-17(25)14(11)9-26/h7,10-12,14,17H,1-6,8-9,25H2,(H,29,30)/t11-,14+,17-/m0/s1. The molecule has 3 N–H and O–H groups in total. The van der Waals surface area contributed by atoms with Crippen LogP contribution in [0.3, 0.4) is 0 Å². The van der Waals surface area contributed by atoms with Crippen molar-refractivity contribution in [1.29, 1.82) is 0 Å². The molecule has 0 unspecified atom stereocenters. The van der Waals surface area contributed by atoms with Gasteiger partial charge in [-0.05, 0) is 43.6 Å². The zero-order chi connectivity index (χ0) is 21.2. The SMILES string of the molecule is N[C@H]1CCCC[C@H]2CN(c3c(F)cc4c(=O)c(C(=O)O)cn(C5CC5)c4c3F)C[C@H]21. The van der Waals surface area contributed by atoms with Gasteiger partial charge in [-0.2, -0.15) is 0 Å². The average molecular weight is 417 g/mol. The van der Waals surface area contributed by atoms with E-state index < -0.39 is 28.6 Å². The van der Waals surface area contributed by atoms with Crippen molar-refractivity contribution in [3.8, 4) is 0 Å². The van der Waals surface area contributed by atoms with E-state index in [4.69, 9.17) is 5.73 Å². The molecule has 0 bridgehead atoms. The highest BCUT2D eigenvalue weighted by Gasteiger charge is 2.40. The molecule has 2 heterocycles. The van der Waals surface area contributed by atoms with E-state index in [-0.39, 0.29) is 34.6 Å². The maximum atomic E-state index is 15.8. The summed E-state index contributed by atoms with van der Waals surface area (Å²) in [5.74, 6) is -2.50. The number of hydrogen-bond donors (Lipinski definition) is 2. The Balaban J connectivity index is 1.66. The third kappa shape index (κ3) is 3.00. The van der Waals surface area contributed by atoms with Crippen LogP contribution in [0.5, 0.6) is 0 Å². The van der Waals surface area contributed by atoms with Crippen molar-refractivity contribution >= 4 is 22.6 Å². The highest BCUT2D eigenvalue weighted by molar-refractivity contribution is 5.94. The van der Waals surface area contributed by atoms with Gasteiger partial charge in [-0.3, -0.25) is 4.79 Å². The molecule has 6 nitrogen and oxygen atoms in total. The summed E-state index contributed by atoms with van der Waals surface area (Å²) in [6.45, 7) is 1.03. The van der Waals surface area contributed by atoms with Gasteiger partial charge in [-0.25, -0.2) is 13.6 Å². The van der Waals surface area contributed by atoms with Crippen LogP contribution < -0.4 is 16.1 Å². The number of nitrogens with zero attached hydrogens (tertiary/aromatic N) is 2. The first-order valence-corrected chi connectivity index (χ1v) is 10.7. The zero-order valence-corrected chi connectivity index (χ0v) is 16.6. The van der Waals surface area contributed by atoms with E-state index in [9.17, 15) is 14.7 Å².